The van der Waals surface area contributed by atoms with Gasteiger partial charge < -0.3 is 5.32 Å². The van der Waals surface area contributed by atoms with Crippen molar-refractivity contribution < 1.29 is 4.79 Å². The third-order valence-corrected chi connectivity index (χ3v) is 2.56. The topological polar surface area (TPSA) is 42.0 Å². The van der Waals surface area contributed by atoms with Gasteiger partial charge in [-0.15, -0.1) is 0 Å². The molecule has 17 heavy (non-hydrogen) atoms. The van der Waals surface area contributed by atoms with E-state index in [-0.39, 0.29) is 5.91 Å². The average molecular weight is 247 g/mol. The summed E-state index contributed by atoms with van der Waals surface area (Å²) in [7, 11) is 0. The van der Waals surface area contributed by atoms with Gasteiger partial charge in [0, 0.05) is 24.4 Å². The Morgan fingerprint density at radius 3 is 2.76 bits per heavy atom. The lowest BCUT2D eigenvalue weighted by atomic mass is 10.1. The molecule has 0 saturated heterocycles. The van der Waals surface area contributed by atoms with Gasteiger partial charge in [0.2, 0.25) is 5.91 Å². The second kappa shape index (κ2) is 4.97. The van der Waals surface area contributed by atoms with Crippen molar-refractivity contribution in [1.82, 2.24) is 4.98 Å². The van der Waals surface area contributed by atoms with Crippen LogP contribution in [-0.2, 0) is 4.79 Å². The predicted molar refractivity (Wildman–Crippen MR) is 69.0 cm³/mol. The molecular formula is C13H11ClN2O. The van der Waals surface area contributed by atoms with Crippen molar-refractivity contribution in [3.05, 3.63) is 47.6 Å². The molecule has 0 radical (unpaired) electrons. The van der Waals surface area contributed by atoms with Crippen molar-refractivity contribution in [3.8, 4) is 11.3 Å². The first-order valence-corrected chi connectivity index (χ1v) is 5.53. The number of carbonyl (C=O) groups excluding carboxylic acids is 1. The largest absolute Gasteiger partial charge is 0.326 e. The van der Waals surface area contributed by atoms with E-state index in [9.17, 15) is 4.79 Å². The second-order valence-corrected chi connectivity index (χ2v) is 4.00. The minimum absolute atomic E-state index is 0.112. The Morgan fingerprint density at radius 1 is 1.29 bits per heavy atom. The molecule has 1 aromatic heterocycles. The number of aromatic nitrogens is 1. The van der Waals surface area contributed by atoms with Crippen molar-refractivity contribution in [2.24, 2.45) is 0 Å². The van der Waals surface area contributed by atoms with Crippen LogP contribution in [0.2, 0.25) is 5.02 Å². The summed E-state index contributed by atoms with van der Waals surface area (Å²) < 4.78 is 0. The Kier molecular flexibility index (Phi) is 3.40. The van der Waals surface area contributed by atoms with Gasteiger partial charge in [0.05, 0.1) is 10.7 Å². The van der Waals surface area contributed by atoms with Crippen LogP contribution < -0.4 is 5.32 Å². The van der Waals surface area contributed by atoms with E-state index in [0.717, 1.165) is 11.3 Å². The molecule has 0 bridgehead atoms. The molecule has 0 aliphatic carbocycles. The molecule has 86 valence electrons. The van der Waals surface area contributed by atoms with Crippen molar-refractivity contribution in [2.75, 3.05) is 5.32 Å². The van der Waals surface area contributed by atoms with E-state index < -0.39 is 0 Å². The minimum Gasteiger partial charge on any atom is -0.326 e. The number of nitrogens with one attached hydrogen (secondary N) is 1. The highest BCUT2D eigenvalue weighted by molar-refractivity contribution is 6.33. The first kappa shape index (κ1) is 11.6. The van der Waals surface area contributed by atoms with Crippen molar-refractivity contribution in [1.29, 1.82) is 0 Å². The second-order valence-electron chi connectivity index (χ2n) is 3.59. The standard InChI is InChI=1S/C13H11ClN2O/c1-9(17)16-10-5-6-12(14)11(8-10)13-4-2-3-7-15-13/h2-8H,1H3,(H,16,17). The SMILES string of the molecule is CC(=O)Nc1ccc(Cl)c(-c2ccccn2)c1. The van der Waals surface area contributed by atoms with Gasteiger partial charge in [0.15, 0.2) is 0 Å². The number of benzene rings is 1. The zero-order valence-electron chi connectivity index (χ0n) is 9.27. The lowest BCUT2D eigenvalue weighted by Crippen LogP contribution is -2.05. The minimum atomic E-state index is -0.112. The van der Waals surface area contributed by atoms with Crippen LogP contribution >= 0.6 is 11.6 Å². The molecule has 1 aromatic carbocycles. The quantitative estimate of drug-likeness (QED) is 0.883. The van der Waals surface area contributed by atoms with Gasteiger partial charge in [-0.25, -0.2) is 0 Å². The highest BCUT2D eigenvalue weighted by Gasteiger charge is 2.06. The lowest BCUT2D eigenvalue weighted by molar-refractivity contribution is -0.114. The first-order valence-electron chi connectivity index (χ1n) is 5.15. The van der Waals surface area contributed by atoms with Crippen LogP contribution in [0.1, 0.15) is 6.92 Å². The van der Waals surface area contributed by atoms with Crippen LogP contribution in [0, 0.1) is 0 Å². The number of rotatable bonds is 2. The molecule has 2 rings (SSSR count). The van der Waals surface area contributed by atoms with Gasteiger partial charge in [-0.2, -0.15) is 0 Å². The van der Waals surface area contributed by atoms with Gasteiger partial charge >= 0.3 is 0 Å². The average Bonchev–Trinajstić information content (AvgIpc) is 2.32. The molecule has 1 N–H and O–H groups in total. The lowest BCUT2D eigenvalue weighted by Gasteiger charge is -2.07. The van der Waals surface area contributed by atoms with Crippen molar-refractivity contribution in [2.45, 2.75) is 6.92 Å². The maximum absolute atomic E-state index is 11.0. The van der Waals surface area contributed by atoms with Crippen molar-refractivity contribution >= 4 is 23.2 Å². The predicted octanol–water partition coefficient (Wildman–Crippen LogP) is 3.36. The Balaban J connectivity index is 2.43. The van der Waals surface area contributed by atoms with E-state index in [1.165, 1.54) is 6.92 Å². The summed E-state index contributed by atoms with van der Waals surface area (Å²) in [6.45, 7) is 1.47. The van der Waals surface area contributed by atoms with E-state index >= 15 is 0 Å². The Labute approximate surface area is 104 Å². The summed E-state index contributed by atoms with van der Waals surface area (Å²) in [4.78, 5) is 15.2. The molecule has 1 amide bonds. The third-order valence-electron chi connectivity index (χ3n) is 2.23. The maximum Gasteiger partial charge on any atom is 0.221 e. The van der Waals surface area contributed by atoms with Crippen LogP contribution in [0.5, 0.6) is 0 Å². The van der Waals surface area contributed by atoms with Crippen LogP contribution in [-0.4, -0.2) is 10.9 Å². The first-order chi connectivity index (χ1) is 8.16. The number of hydrogen-bond donors (Lipinski definition) is 1. The van der Waals surface area contributed by atoms with Gasteiger partial charge in [-0.3, -0.25) is 9.78 Å². The summed E-state index contributed by atoms with van der Waals surface area (Å²) in [5, 5.41) is 3.33. The molecule has 2 aromatic rings. The van der Waals surface area contributed by atoms with E-state index in [1.807, 2.05) is 24.3 Å². The smallest absolute Gasteiger partial charge is 0.221 e. The Morgan fingerprint density at radius 2 is 2.12 bits per heavy atom. The number of halogens is 1. The normalized spacial score (nSPS) is 10.0. The van der Waals surface area contributed by atoms with Gasteiger partial charge in [-0.1, -0.05) is 17.7 Å². The fourth-order valence-electron chi connectivity index (χ4n) is 1.52. The van der Waals surface area contributed by atoms with Crippen LogP contribution in [0.4, 0.5) is 5.69 Å². The van der Waals surface area contributed by atoms with Crippen molar-refractivity contribution in [3.63, 3.8) is 0 Å². The monoisotopic (exact) mass is 246 g/mol. The molecule has 4 heteroatoms. The van der Waals surface area contributed by atoms with Gasteiger partial charge in [-0.05, 0) is 30.3 Å². The summed E-state index contributed by atoms with van der Waals surface area (Å²) >= 11 is 6.11. The molecule has 1 heterocycles. The van der Waals surface area contributed by atoms with E-state index in [1.54, 1.807) is 18.3 Å². The molecule has 0 aliphatic rings. The summed E-state index contributed by atoms with van der Waals surface area (Å²) in [6, 6.07) is 10.9. The molecular weight excluding hydrogens is 236 g/mol. The number of carbonyl (C=O) groups is 1. The molecule has 0 atom stereocenters. The van der Waals surface area contributed by atoms with E-state index in [0.29, 0.717) is 10.7 Å². The van der Waals surface area contributed by atoms with E-state index in [4.69, 9.17) is 11.6 Å². The zero-order chi connectivity index (χ0) is 12.3. The molecule has 0 fully saturated rings. The summed E-state index contributed by atoms with van der Waals surface area (Å²) in [6.07, 6.45) is 1.71. The molecule has 0 aliphatic heterocycles. The molecule has 0 spiro atoms. The zero-order valence-corrected chi connectivity index (χ0v) is 10.0. The van der Waals surface area contributed by atoms with Crippen LogP contribution in [0.15, 0.2) is 42.6 Å². The number of hydrogen-bond acceptors (Lipinski definition) is 2. The van der Waals surface area contributed by atoms with Gasteiger partial charge in [0.25, 0.3) is 0 Å². The Bertz CT molecular complexity index is 540. The van der Waals surface area contributed by atoms with Crippen LogP contribution in [0.3, 0.4) is 0 Å². The molecule has 3 nitrogen and oxygen atoms in total. The number of amides is 1. The fraction of sp³-hybridized carbons (Fsp3) is 0.0769. The maximum atomic E-state index is 11.0. The molecule has 0 saturated carbocycles. The number of pyridine rings is 1. The fourth-order valence-corrected chi connectivity index (χ4v) is 1.74. The highest BCUT2D eigenvalue weighted by Crippen LogP contribution is 2.28. The highest BCUT2D eigenvalue weighted by atomic mass is 35.5. The Hall–Kier alpha value is -1.87. The van der Waals surface area contributed by atoms with E-state index in [2.05, 4.69) is 10.3 Å². The van der Waals surface area contributed by atoms with Crippen LogP contribution in [0.25, 0.3) is 11.3 Å². The third kappa shape index (κ3) is 2.82. The summed E-state index contributed by atoms with van der Waals surface area (Å²) in [5.41, 5.74) is 2.30. The van der Waals surface area contributed by atoms with Gasteiger partial charge in [0.1, 0.15) is 0 Å². The number of nitrogens with zero attached hydrogens (tertiary/aromatic N) is 1. The summed E-state index contributed by atoms with van der Waals surface area (Å²) in [5.74, 6) is -0.112. The number of anilines is 1. The molecule has 0 unspecified atom stereocenters.